The van der Waals surface area contributed by atoms with Crippen molar-refractivity contribution in [1.82, 2.24) is 14.7 Å². The van der Waals surface area contributed by atoms with Crippen molar-refractivity contribution in [3.05, 3.63) is 179 Å². The maximum absolute atomic E-state index is 11.7. The predicted molar refractivity (Wildman–Crippen MR) is 245 cm³/mol. The summed E-state index contributed by atoms with van der Waals surface area (Å²) in [5.74, 6) is -2.83. The monoisotopic (exact) mass is 957 g/mol. The molecule has 0 aliphatic rings. The number of carbonyl (C=O) groups is 3. The van der Waals surface area contributed by atoms with Crippen molar-refractivity contribution in [1.29, 1.82) is 0 Å². The van der Waals surface area contributed by atoms with Gasteiger partial charge in [0.15, 0.2) is 8.38 Å². The number of nitrogens with zero attached hydrogens (tertiary/aromatic N) is 5. The van der Waals surface area contributed by atoms with Crippen molar-refractivity contribution < 1.29 is 79.8 Å². The number of carboxylic acid groups (broad SMARTS) is 3. The highest BCUT2D eigenvalue weighted by molar-refractivity contribution is 7.44. The van der Waals surface area contributed by atoms with Crippen molar-refractivity contribution in [3.8, 4) is 23.0 Å². The third kappa shape index (κ3) is 18.1. The number of aromatic hydroxyl groups is 4. The first-order valence-corrected chi connectivity index (χ1v) is 22.4. The van der Waals surface area contributed by atoms with E-state index >= 15 is 0 Å². The number of para-hydroxylation sites is 4. The highest BCUT2D eigenvalue weighted by Crippen LogP contribution is 2.30. The van der Waals surface area contributed by atoms with Crippen molar-refractivity contribution in [2.75, 3.05) is 12.8 Å². The maximum Gasteiger partial charge on any atom is 0.320 e. The Morgan fingerprint density at radius 1 is 0.485 bits per heavy atom. The van der Waals surface area contributed by atoms with E-state index in [1.54, 1.807) is 119 Å². The number of hydrogen-bond acceptors (Lipinski definition) is 14. The summed E-state index contributed by atoms with van der Waals surface area (Å²) in [5, 5.41) is 86.5. The zero-order valence-electron chi connectivity index (χ0n) is 36.8. The molecule has 1 atom stereocenters. The van der Waals surface area contributed by atoms with Crippen LogP contribution in [0, 0.1) is 0 Å². The molecule has 68 heavy (non-hydrogen) atoms. The van der Waals surface area contributed by atoms with E-state index in [1.165, 1.54) is 29.4 Å². The van der Waals surface area contributed by atoms with Gasteiger partial charge in [-0.15, -0.1) is 0 Å². The van der Waals surface area contributed by atoms with Crippen molar-refractivity contribution in [2.24, 2.45) is 0 Å². The molecule has 0 bridgehead atoms. The van der Waals surface area contributed by atoms with Crippen LogP contribution in [-0.2, 0) is 53.7 Å². The molecule has 6 rings (SSSR count). The molecule has 20 heteroatoms. The first kappa shape index (κ1) is 53.2. The molecule has 0 aliphatic heterocycles. The number of pyridine rings is 2. The first-order chi connectivity index (χ1) is 32.5. The van der Waals surface area contributed by atoms with Gasteiger partial charge in [0.05, 0.1) is 25.9 Å². The van der Waals surface area contributed by atoms with E-state index in [-0.39, 0.29) is 74.8 Å². The van der Waals surface area contributed by atoms with E-state index in [9.17, 15) is 60.1 Å². The SMILES string of the molecule is O=C(O)CCC(C(=O)O)N(Cc1ccccc1O)Cc1ccccc1O.O=C(O)CN(Cc1cccc[n+]1O)Cc1cccc[n+]1O.Oc1ccccc1CN(Cc1ccccc1O)CP(O)O. The topological polar surface area (TPSA) is 291 Å². The summed E-state index contributed by atoms with van der Waals surface area (Å²) < 4.78 is 1.90. The Kier molecular flexibility index (Phi) is 21.4. The molecule has 2 heterocycles. The Hall–Kier alpha value is -7.38. The van der Waals surface area contributed by atoms with E-state index in [1.807, 2.05) is 12.1 Å². The van der Waals surface area contributed by atoms with Crippen molar-refractivity contribution in [2.45, 2.75) is 58.2 Å². The van der Waals surface area contributed by atoms with E-state index < -0.39 is 32.3 Å². The number of carboxylic acids is 3. The summed E-state index contributed by atoms with van der Waals surface area (Å²) in [6, 6.07) is 36.1. The molecule has 19 nitrogen and oxygen atoms in total. The second kappa shape index (κ2) is 27.3. The Bertz CT molecular complexity index is 2410. The lowest BCUT2D eigenvalue weighted by atomic mass is 10.1. The van der Waals surface area contributed by atoms with Crippen LogP contribution < -0.4 is 9.46 Å². The minimum absolute atomic E-state index is 0.0251. The molecular formula is C48H56N5O14P+2. The third-order valence-electron chi connectivity index (χ3n) is 10.2. The van der Waals surface area contributed by atoms with Gasteiger partial charge in [0, 0.05) is 88.6 Å². The van der Waals surface area contributed by atoms with E-state index in [0.29, 0.717) is 46.7 Å². The molecule has 0 spiro atoms. The van der Waals surface area contributed by atoms with Gasteiger partial charge >= 0.3 is 17.9 Å². The summed E-state index contributed by atoms with van der Waals surface area (Å²) >= 11 is 0. The normalized spacial score (nSPS) is 11.4. The van der Waals surface area contributed by atoms with E-state index in [0.717, 1.165) is 9.46 Å². The zero-order valence-corrected chi connectivity index (χ0v) is 37.7. The second-order valence-electron chi connectivity index (χ2n) is 15.3. The zero-order chi connectivity index (χ0) is 49.6. The van der Waals surface area contributed by atoms with Gasteiger partial charge in [0.2, 0.25) is 23.8 Å². The average molecular weight is 958 g/mol. The Morgan fingerprint density at radius 3 is 1.18 bits per heavy atom. The van der Waals surface area contributed by atoms with Crippen LogP contribution in [0.2, 0.25) is 0 Å². The van der Waals surface area contributed by atoms with Crippen LogP contribution in [0.15, 0.2) is 146 Å². The summed E-state index contributed by atoms with van der Waals surface area (Å²) in [5.41, 5.74) is 3.54. The molecule has 0 saturated carbocycles. The molecule has 0 fully saturated rings. The van der Waals surface area contributed by atoms with Gasteiger partial charge in [0.25, 0.3) is 0 Å². The number of rotatable bonds is 21. The number of hydrogen-bond donors (Lipinski definition) is 11. The lowest BCUT2D eigenvalue weighted by molar-refractivity contribution is -0.911. The summed E-state index contributed by atoms with van der Waals surface area (Å²) in [6.45, 7) is 1.18. The standard InChI is InChI=1S/C19H21NO6.C15H18NO4P.C14H16N3O4/c21-16-7-3-1-5-13(16)11-20(12-14-6-2-4-8-17(14)22)15(19(25)26)9-10-18(23)24;17-14-7-3-1-5-12(14)9-16(11-21(19)20)10-13-6-2-4-8-15(13)18;18-14(19)11-15(9-12-5-1-3-7-16(12)20)10-13-6-2-4-8-17(13)21/h1-8,15,21-22H,9-12H2,(H,23,24)(H,25,26);1-8,17-20H,9-11H2;1-8H,9-11H2,(H2-,18,19,20,21)/q;;+1/p+1. The maximum atomic E-state index is 11.7. The van der Waals surface area contributed by atoms with Crippen LogP contribution in [-0.4, -0.2) is 107 Å². The van der Waals surface area contributed by atoms with Crippen LogP contribution >= 0.6 is 8.38 Å². The van der Waals surface area contributed by atoms with Crippen molar-refractivity contribution in [3.63, 3.8) is 0 Å². The highest BCUT2D eigenvalue weighted by Gasteiger charge is 2.28. The van der Waals surface area contributed by atoms with Gasteiger partial charge in [0.1, 0.15) is 29.0 Å². The van der Waals surface area contributed by atoms with Crippen molar-refractivity contribution >= 4 is 26.3 Å². The van der Waals surface area contributed by atoms with E-state index in [2.05, 4.69) is 0 Å². The first-order valence-electron chi connectivity index (χ1n) is 21.0. The third-order valence-corrected chi connectivity index (χ3v) is 10.8. The molecule has 1 unspecified atom stereocenters. The van der Waals surface area contributed by atoms with Gasteiger partial charge in [-0.2, -0.15) is 0 Å². The summed E-state index contributed by atoms with van der Waals surface area (Å²) in [6.07, 6.45) is 2.64. The van der Waals surface area contributed by atoms with Crippen LogP contribution in [0.5, 0.6) is 23.0 Å². The molecule has 0 saturated heterocycles. The summed E-state index contributed by atoms with van der Waals surface area (Å²) in [7, 11) is -2.09. The largest absolute Gasteiger partial charge is 0.508 e. The van der Waals surface area contributed by atoms with Gasteiger partial charge in [-0.3, -0.25) is 39.5 Å². The lowest BCUT2D eigenvalue weighted by Gasteiger charge is -2.29. The smallest absolute Gasteiger partial charge is 0.320 e. The van der Waals surface area contributed by atoms with Crippen LogP contribution in [0.1, 0.15) is 46.5 Å². The van der Waals surface area contributed by atoms with Gasteiger partial charge in [-0.25, -0.2) is 0 Å². The summed E-state index contributed by atoms with van der Waals surface area (Å²) in [4.78, 5) is 57.1. The molecule has 4 aromatic carbocycles. The highest BCUT2D eigenvalue weighted by atomic mass is 31.2. The molecule has 11 N–H and O–H groups in total. The fraction of sp³-hybridized carbons (Fsp3) is 0.229. The molecule has 0 aliphatic carbocycles. The van der Waals surface area contributed by atoms with E-state index in [4.69, 9.17) is 10.2 Å². The lowest BCUT2D eigenvalue weighted by Crippen LogP contribution is -2.42. The predicted octanol–water partition coefficient (Wildman–Crippen LogP) is 4.60. The molecule has 0 radical (unpaired) electrons. The second-order valence-corrected chi connectivity index (χ2v) is 16.3. The number of phenols is 4. The number of aromatic nitrogens is 2. The minimum Gasteiger partial charge on any atom is -0.508 e. The van der Waals surface area contributed by atoms with Gasteiger partial charge in [-0.05, 0) is 42.8 Å². The number of phenolic OH excluding ortho intramolecular Hbond substituents is 4. The molecule has 0 amide bonds. The number of benzene rings is 4. The fourth-order valence-electron chi connectivity index (χ4n) is 6.84. The average Bonchev–Trinajstić information content (AvgIpc) is 3.28. The quantitative estimate of drug-likeness (QED) is 0.0267. The van der Waals surface area contributed by atoms with Crippen LogP contribution in [0.25, 0.3) is 0 Å². The molecule has 360 valence electrons. The van der Waals surface area contributed by atoms with Gasteiger partial charge < -0.3 is 45.5 Å². The molecular weight excluding hydrogens is 902 g/mol. The Labute approximate surface area is 393 Å². The molecule has 6 aromatic rings. The number of aliphatic carboxylic acids is 3. The Morgan fingerprint density at radius 2 is 0.853 bits per heavy atom. The van der Waals surface area contributed by atoms with Crippen LogP contribution in [0.3, 0.4) is 0 Å². The Balaban J connectivity index is 0.000000224. The minimum atomic E-state index is -2.09. The van der Waals surface area contributed by atoms with Crippen LogP contribution in [0.4, 0.5) is 0 Å². The fourth-order valence-corrected chi connectivity index (χ4v) is 7.40. The van der Waals surface area contributed by atoms with Gasteiger partial charge in [-0.1, -0.05) is 72.8 Å². The molecule has 2 aromatic heterocycles.